The first-order valence-electron chi connectivity index (χ1n) is 6.80. The van der Waals surface area contributed by atoms with Crippen molar-refractivity contribution in [3.63, 3.8) is 0 Å². The Labute approximate surface area is 127 Å². The quantitative estimate of drug-likeness (QED) is 0.881. The zero-order chi connectivity index (χ0) is 13.9. The van der Waals surface area contributed by atoms with Crippen molar-refractivity contribution in [3.05, 3.63) is 20.8 Å². The molecule has 2 atom stereocenters. The molecule has 0 aromatic carbocycles. The summed E-state index contributed by atoms with van der Waals surface area (Å²) in [5.41, 5.74) is 5.91. The molecule has 3 nitrogen and oxygen atoms in total. The lowest BCUT2D eigenvalue weighted by Crippen LogP contribution is -2.53. The first kappa shape index (κ1) is 15.0. The second-order valence-electron chi connectivity index (χ2n) is 5.55. The van der Waals surface area contributed by atoms with Crippen molar-refractivity contribution >= 4 is 33.2 Å². The van der Waals surface area contributed by atoms with E-state index in [1.807, 2.05) is 13.0 Å². The molecule has 106 valence electrons. The zero-order valence-corrected chi connectivity index (χ0v) is 13.6. The number of halogens is 1. The molecule has 1 aromatic heterocycles. The van der Waals surface area contributed by atoms with Crippen LogP contribution in [0.2, 0.25) is 0 Å². The van der Waals surface area contributed by atoms with E-state index >= 15 is 0 Å². The van der Waals surface area contributed by atoms with E-state index < -0.39 is 0 Å². The second-order valence-corrected chi connectivity index (χ2v) is 8.10. The molecule has 1 saturated carbocycles. The first-order valence-corrected chi connectivity index (χ1v) is 8.41. The topological polar surface area (TPSA) is 55.1 Å². The average Bonchev–Trinajstić information content (AvgIpc) is 2.74. The van der Waals surface area contributed by atoms with Gasteiger partial charge >= 0.3 is 0 Å². The van der Waals surface area contributed by atoms with Gasteiger partial charge in [0, 0.05) is 17.0 Å². The fraction of sp³-hybridized carbons (Fsp3) is 0.643. The van der Waals surface area contributed by atoms with Gasteiger partial charge in [-0.3, -0.25) is 4.79 Å². The van der Waals surface area contributed by atoms with Crippen molar-refractivity contribution in [1.29, 1.82) is 0 Å². The molecule has 1 aliphatic rings. The van der Waals surface area contributed by atoms with Crippen LogP contribution in [0, 0.1) is 5.92 Å². The number of nitrogens with one attached hydrogen (secondary N) is 1. The van der Waals surface area contributed by atoms with E-state index in [1.54, 1.807) is 11.3 Å². The van der Waals surface area contributed by atoms with Gasteiger partial charge in [-0.05, 0) is 54.2 Å². The van der Waals surface area contributed by atoms with Crippen LogP contribution in [0.4, 0.5) is 0 Å². The standard InChI is InChI=1S/C14H21BrN2OS/c1-14(16)8-3-2-4-11(14)13(18)17-9-7-10-5-6-12(15)19-10/h5-6,11H,2-4,7-9,16H2,1H3,(H,17,18). The maximum absolute atomic E-state index is 12.2. The molecule has 3 N–H and O–H groups in total. The molecule has 19 heavy (non-hydrogen) atoms. The van der Waals surface area contributed by atoms with Crippen LogP contribution < -0.4 is 11.1 Å². The van der Waals surface area contributed by atoms with Crippen molar-refractivity contribution in [2.75, 3.05) is 6.54 Å². The van der Waals surface area contributed by atoms with E-state index in [9.17, 15) is 4.79 Å². The molecular weight excluding hydrogens is 324 g/mol. The third-order valence-corrected chi connectivity index (χ3v) is 5.55. The van der Waals surface area contributed by atoms with E-state index in [0.717, 1.165) is 35.9 Å². The summed E-state index contributed by atoms with van der Waals surface area (Å²) in [4.78, 5) is 13.5. The molecule has 0 radical (unpaired) electrons. The lowest BCUT2D eigenvalue weighted by molar-refractivity contribution is -0.128. The maximum atomic E-state index is 12.2. The van der Waals surface area contributed by atoms with Crippen molar-refractivity contribution in [2.45, 2.75) is 44.6 Å². The molecule has 1 aromatic rings. The Morgan fingerprint density at radius 3 is 3.00 bits per heavy atom. The van der Waals surface area contributed by atoms with Crippen LogP contribution >= 0.6 is 27.3 Å². The molecule has 1 aliphatic carbocycles. The summed E-state index contributed by atoms with van der Waals surface area (Å²) in [7, 11) is 0. The highest BCUT2D eigenvalue weighted by atomic mass is 79.9. The SMILES string of the molecule is CC1(N)CCCCC1C(=O)NCCc1ccc(Br)s1. The number of nitrogens with two attached hydrogens (primary N) is 1. The molecule has 2 unspecified atom stereocenters. The molecule has 0 bridgehead atoms. The summed E-state index contributed by atoms with van der Waals surface area (Å²) >= 11 is 5.16. The number of carbonyl (C=O) groups excluding carboxylic acids is 1. The Morgan fingerprint density at radius 1 is 1.58 bits per heavy atom. The predicted octanol–water partition coefficient (Wildman–Crippen LogP) is 3.08. The van der Waals surface area contributed by atoms with E-state index in [1.165, 1.54) is 4.88 Å². The Balaban J connectivity index is 1.80. The summed E-state index contributed by atoms with van der Waals surface area (Å²) in [6.07, 6.45) is 5.01. The van der Waals surface area contributed by atoms with Crippen LogP contribution in [-0.2, 0) is 11.2 Å². The number of amides is 1. The average molecular weight is 345 g/mol. The third-order valence-electron chi connectivity index (χ3n) is 3.87. The van der Waals surface area contributed by atoms with Crippen molar-refractivity contribution in [2.24, 2.45) is 11.7 Å². The summed E-state index contributed by atoms with van der Waals surface area (Å²) in [5.74, 6) is 0.0941. The molecule has 1 fully saturated rings. The lowest BCUT2D eigenvalue weighted by Gasteiger charge is -2.37. The van der Waals surface area contributed by atoms with Crippen molar-refractivity contribution in [3.8, 4) is 0 Å². The lowest BCUT2D eigenvalue weighted by atomic mass is 9.74. The Morgan fingerprint density at radius 2 is 2.37 bits per heavy atom. The third kappa shape index (κ3) is 4.04. The number of rotatable bonds is 4. The van der Waals surface area contributed by atoms with Gasteiger partial charge in [0.05, 0.1) is 9.70 Å². The van der Waals surface area contributed by atoms with Gasteiger partial charge in [0.2, 0.25) is 5.91 Å². The highest BCUT2D eigenvalue weighted by molar-refractivity contribution is 9.11. The van der Waals surface area contributed by atoms with E-state index in [4.69, 9.17) is 5.73 Å². The van der Waals surface area contributed by atoms with Gasteiger partial charge in [-0.25, -0.2) is 0 Å². The van der Waals surface area contributed by atoms with E-state index in [0.29, 0.717) is 6.54 Å². The van der Waals surface area contributed by atoms with Gasteiger partial charge in [0.25, 0.3) is 0 Å². The summed E-state index contributed by atoms with van der Waals surface area (Å²) < 4.78 is 1.13. The molecular formula is C14H21BrN2OS. The number of hydrogen-bond acceptors (Lipinski definition) is 3. The van der Waals surface area contributed by atoms with E-state index in [2.05, 4.69) is 27.3 Å². The Bertz CT molecular complexity index is 444. The summed E-state index contributed by atoms with van der Waals surface area (Å²) in [6, 6.07) is 4.13. The number of carbonyl (C=O) groups is 1. The van der Waals surface area contributed by atoms with Gasteiger partial charge in [0.1, 0.15) is 0 Å². The number of hydrogen-bond donors (Lipinski definition) is 2. The highest BCUT2D eigenvalue weighted by Crippen LogP contribution is 2.31. The fourth-order valence-corrected chi connectivity index (χ4v) is 4.19. The minimum atomic E-state index is -0.339. The zero-order valence-electron chi connectivity index (χ0n) is 11.2. The fourth-order valence-electron chi connectivity index (χ4n) is 2.71. The largest absolute Gasteiger partial charge is 0.355 e. The minimum Gasteiger partial charge on any atom is -0.355 e. The first-order chi connectivity index (χ1) is 8.99. The summed E-state index contributed by atoms with van der Waals surface area (Å²) in [6.45, 7) is 2.70. The minimum absolute atomic E-state index is 0.0312. The van der Waals surface area contributed by atoms with Crippen LogP contribution in [0.25, 0.3) is 0 Å². The molecule has 1 amide bonds. The molecule has 0 spiro atoms. The van der Waals surface area contributed by atoms with Crippen molar-refractivity contribution in [1.82, 2.24) is 5.32 Å². The monoisotopic (exact) mass is 344 g/mol. The van der Waals surface area contributed by atoms with Gasteiger partial charge in [0.15, 0.2) is 0 Å². The van der Waals surface area contributed by atoms with Crippen molar-refractivity contribution < 1.29 is 4.79 Å². The maximum Gasteiger partial charge on any atom is 0.224 e. The van der Waals surface area contributed by atoms with Crippen LogP contribution in [0.1, 0.15) is 37.5 Å². The van der Waals surface area contributed by atoms with Crippen LogP contribution in [0.15, 0.2) is 15.9 Å². The predicted molar refractivity (Wildman–Crippen MR) is 83.3 cm³/mol. The molecule has 5 heteroatoms. The Kier molecular flexibility index (Phi) is 5.03. The van der Waals surface area contributed by atoms with Crippen LogP contribution in [-0.4, -0.2) is 18.0 Å². The van der Waals surface area contributed by atoms with Crippen LogP contribution in [0.3, 0.4) is 0 Å². The summed E-state index contributed by atoms with van der Waals surface area (Å²) in [5, 5.41) is 3.04. The smallest absolute Gasteiger partial charge is 0.224 e. The second kappa shape index (κ2) is 6.37. The van der Waals surface area contributed by atoms with Crippen LogP contribution in [0.5, 0.6) is 0 Å². The molecule has 0 aliphatic heterocycles. The van der Waals surface area contributed by atoms with Gasteiger partial charge in [-0.2, -0.15) is 0 Å². The Hall–Kier alpha value is -0.390. The highest BCUT2D eigenvalue weighted by Gasteiger charge is 2.37. The molecule has 1 heterocycles. The van der Waals surface area contributed by atoms with Gasteiger partial charge in [-0.1, -0.05) is 12.8 Å². The normalized spacial score (nSPS) is 27.2. The number of thiophene rings is 1. The molecule has 0 saturated heterocycles. The molecule has 2 rings (SSSR count). The van der Waals surface area contributed by atoms with Gasteiger partial charge in [-0.15, -0.1) is 11.3 Å². The van der Waals surface area contributed by atoms with Gasteiger partial charge < -0.3 is 11.1 Å². The van der Waals surface area contributed by atoms with E-state index in [-0.39, 0.29) is 17.4 Å².